The SMILES string of the molecule is NCCCN(C(=O)Nc1cccc(C(F)(F)F)c1)C1CC1. The van der Waals surface area contributed by atoms with Gasteiger partial charge in [-0.3, -0.25) is 0 Å². The number of carbonyl (C=O) groups excluding carboxylic acids is 1. The van der Waals surface area contributed by atoms with Crippen molar-refractivity contribution in [1.29, 1.82) is 0 Å². The van der Waals surface area contributed by atoms with Crippen LogP contribution in [0.1, 0.15) is 24.8 Å². The van der Waals surface area contributed by atoms with Crippen LogP contribution >= 0.6 is 0 Å². The Kier molecular flexibility index (Phi) is 4.72. The number of nitrogens with zero attached hydrogens (tertiary/aromatic N) is 1. The molecule has 0 unspecified atom stereocenters. The number of halogens is 3. The van der Waals surface area contributed by atoms with Crippen molar-refractivity contribution in [3.63, 3.8) is 0 Å². The normalized spacial score (nSPS) is 14.9. The Balaban J connectivity index is 2.04. The lowest BCUT2D eigenvalue weighted by atomic mass is 10.2. The van der Waals surface area contributed by atoms with Gasteiger partial charge in [0.25, 0.3) is 0 Å². The Morgan fingerprint density at radius 3 is 2.67 bits per heavy atom. The molecule has 1 aliphatic carbocycles. The average Bonchev–Trinajstić information content (AvgIpc) is 3.23. The maximum Gasteiger partial charge on any atom is 0.416 e. The van der Waals surface area contributed by atoms with Crippen molar-refractivity contribution in [2.24, 2.45) is 5.73 Å². The molecule has 1 aromatic rings. The van der Waals surface area contributed by atoms with Crippen LogP contribution in [-0.2, 0) is 6.18 Å². The van der Waals surface area contributed by atoms with E-state index in [1.165, 1.54) is 12.1 Å². The summed E-state index contributed by atoms with van der Waals surface area (Å²) < 4.78 is 37.9. The quantitative estimate of drug-likeness (QED) is 0.878. The highest BCUT2D eigenvalue weighted by molar-refractivity contribution is 5.89. The third-order valence-electron chi connectivity index (χ3n) is 3.29. The molecule has 4 nitrogen and oxygen atoms in total. The fraction of sp³-hybridized carbons (Fsp3) is 0.500. The molecule has 2 rings (SSSR count). The van der Waals surface area contributed by atoms with Crippen molar-refractivity contribution in [2.75, 3.05) is 18.4 Å². The molecule has 0 heterocycles. The molecule has 3 N–H and O–H groups in total. The van der Waals surface area contributed by atoms with Gasteiger partial charge >= 0.3 is 12.2 Å². The van der Waals surface area contributed by atoms with Crippen LogP contribution in [0.3, 0.4) is 0 Å². The van der Waals surface area contributed by atoms with E-state index in [0.29, 0.717) is 19.5 Å². The molecule has 0 saturated heterocycles. The molecule has 2 amide bonds. The van der Waals surface area contributed by atoms with E-state index in [2.05, 4.69) is 5.32 Å². The molecule has 1 saturated carbocycles. The second kappa shape index (κ2) is 6.34. The third-order valence-corrected chi connectivity index (χ3v) is 3.29. The lowest BCUT2D eigenvalue weighted by Gasteiger charge is -2.22. The maximum atomic E-state index is 12.6. The summed E-state index contributed by atoms with van der Waals surface area (Å²) in [5.74, 6) is 0. The number of rotatable bonds is 5. The van der Waals surface area contributed by atoms with Crippen LogP contribution in [0.5, 0.6) is 0 Å². The highest BCUT2D eigenvalue weighted by Crippen LogP contribution is 2.31. The summed E-state index contributed by atoms with van der Waals surface area (Å²) in [5, 5.41) is 2.53. The van der Waals surface area contributed by atoms with E-state index in [1.54, 1.807) is 4.90 Å². The van der Waals surface area contributed by atoms with E-state index >= 15 is 0 Å². The summed E-state index contributed by atoms with van der Waals surface area (Å²) >= 11 is 0. The number of nitrogens with two attached hydrogens (primary N) is 1. The summed E-state index contributed by atoms with van der Waals surface area (Å²) in [7, 11) is 0. The number of nitrogens with one attached hydrogen (secondary N) is 1. The smallest absolute Gasteiger partial charge is 0.330 e. The van der Waals surface area contributed by atoms with E-state index in [-0.39, 0.29) is 17.8 Å². The van der Waals surface area contributed by atoms with Crippen molar-refractivity contribution in [2.45, 2.75) is 31.5 Å². The zero-order chi connectivity index (χ0) is 15.5. The number of anilines is 1. The molecule has 1 fully saturated rings. The van der Waals surface area contributed by atoms with Crippen LogP contribution in [0.4, 0.5) is 23.7 Å². The zero-order valence-electron chi connectivity index (χ0n) is 11.5. The minimum absolute atomic E-state index is 0.147. The Bertz CT molecular complexity index is 500. The molecule has 0 atom stereocenters. The number of hydrogen-bond donors (Lipinski definition) is 2. The number of amides is 2. The van der Waals surface area contributed by atoms with Gasteiger partial charge in [-0.2, -0.15) is 13.2 Å². The zero-order valence-corrected chi connectivity index (χ0v) is 11.5. The Morgan fingerprint density at radius 2 is 2.10 bits per heavy atom. The molecule has 0 radical (unpaired) electrons. The standard InChI is InChI=1S/C14H18F3N3O/c15-14(16,17)10-3-1-4-11(9-10)19-13(21)20(8-2-7-18)12-5-6-12/h1,3-4,9,12H,2,5-8,18H2,(H,19,21). The topological polar surface area (TPSA) is 58.4 Å². The highest BCUT2D eigenvalue weighted by atomic mass is 19.4. The summed E-state index contributed by atoms with van der Waals surface area (Å²) in [6.07, 6.45) is -1.88. The van der Waals surface area contributed by atoms with Crippen LogP contribution in [0.25, 0.3) is 0 Å². The molecule has 0 aromatic heterocycles. The van der Waals surface area contributed by atoms with Gasteiger partial charge in [0.1, 0.15) is 0 Å². The van der Waals surface area contributed by atoms with Gasteiger partial charge in [-0.1, -0.05) is 6.07 Å². The van der Waals surface area contributed by atoms with E-state index in [0.717, 1.165) is 25.0 Å². The average molecular weight is 301 g/mol. The van der Waals surface area contributed by atoms with E-state index < -0.39 is 11.7 Å². The predicted octanol–water partition coefficient (Wildman–Crippen LogP) is 3.05. The van der Waals surface area contributed by atoms with Gasteiger partial charge in [0.05, 0.1) is 5.56 Å². The highest BCUT2D eigenvalue weighted by Gasteiger charge is 2.33. The molecule has 116 valence electrons. The second-order valence-corrected chi connectivity index (χ2v) is 5.08. The van der Waals surface area contributed by atoms with Crippen LogP contribution < -0.4 is 11.1 Å². The first-order valence-electron chi connectivity index (χ1n) is 6.87. The molecule has 0 spiro atoms. The van der Waals surface area contributed by atoms with Gasteiger partial charge in [0.2, 0.25) is 0 Å². The van der Waals surface area contributed by atoms with E-state index in [4.69, 9.17) is 5.73 Å². The molecule has 1 aliphatic rings. The Morgan fingerprint density at radius 1 is 1.38 bits per heavy atom. The van der Waals surface area contributed by atoms with Crippen LogP contribution in [-0.4, -0.2) is 30.1 Å². The molecular weight excluding hydrogens is 283 g/mol. The number of benzene rings is 1. The van der Waals surface area contributed by atoms with E-state index in [9.17, 15) is 18.0 Å². The number of carbonyl (C=O) groups is 1. The second-order valence-electron chi connectivity index (χ2n) is 5.08. The first-order valence-corrected chi connectivity index (χ1v) is 6.87. The monoisotopic (exact) mass is 301 g/mol. The molecule has 0 bridgehead atoms. The van der Waals surface area contributed by atoms with Gasteiger partial charge < -0.3 is 16.0 Å². The molecule has 1 aromatic carbocycles. The first kappa shape index (κ1) is 15.6. The van der Waals surface area contributed by atoms with Crippen molar-refractivity contribution in [3.8, 4) is 0 Å². The molecule has 7 heteroatoms. The van der Waals surface area contributed by atoms with Gasteiger partial charge in [-0.15, -0.1) is 0 Å². The third kappa shape index (κ3) is 4.35. The minimum Gasteiger partial charge on any atom is -0.330 e. The van der Waals surface area contributed by atoms with Crippen LogP contribution in [0.2, 0.25) is 0 Å². The van der Waals surface area contributed by atoms with Gasteiger partial charge in [-0.25, -0.2) is 4.79 Å². The maximum absolute atomic E-state index is 12.6. The minimum atomic E-state index is -4.42. The summed E-state index contributed by atoms with van der Waals surface area (Å²) in [4.78, 5) is 13.8. The summed E-state index contributed by atoms with van der Waals surface area (Å²) in [6, 6.07) is 4.45. The van der Waals surface area contributed by atoms with Crippen LogP contribution in [0.15, 0.2) is 24.3 Å². The lowest BCUT2D eigenvalue weighted by Crippen LogP contribution is -2.38. The largest absolute Gasteiger partial charge is 0.416 e. The van der Waals surface area contributed by atoms with Gasteiger partial charge in [-0.05, 0) is 44.0 Å². The van der Waals surface area contributed by atoms with Crippen LogP contribution in [0, 0.1) is 0 Å². The van der Waals surface area contributed by atoms with Crippen molar-refractivity contribution in [1.82, 2.24) is 4.90 Å². The molecule has 21 heavy (non-hydrogen) atoms. The summed E-state index contributed by atoms with van der Waals surface area (Å²) in [6.45, 7) is 0.992. The lowest BCUT2D eigenvalue weighted by molar-refractivity contribution is -0.137. The first-order chi connectivity index (χ1) is 9.91. The van der Waals surface area contributed by atoms with Gasteiger partial charge in [0.15, 0.2) is 0 Å². The fourth-order valence-electron chi connectivity index (χ4n) is 2.07. The molecule has 0 aliphatic heterocycles. The number of alkyl halides is 3. The van der Waals surface area contributed by atoms with Crippen molar-refractivity contribution in [3.05, 3.63) is 29.8 Å². The van der Waals surface area contributed by atoms with E-state index in [1.807, 2.05) is 0 Å². The predicted molar refractivity (Wildman–Crippen MR) is 73.9 cm³/mol. The van der Waals surface area contributed by atoms with Crippen molar-refractivity contribution >= 4 is 11.7 Å². The summed E-state index contributed by atoms with van der Waals surface area (Å²) in [5.41, 5.74) is 4.80. The molecular formula is C14H18F3N3O. The Hall–Kier alpha value is -1.76. The van der Waals surface area contributed by atoms with Crippen molar-refractivity contribution < 1.29 is 18.0 Å². The Labute approximate surface area is 121 Å². The number of urea groups is 1. The fourth-order valence-corrected chi connectivity index (χ4v) is 2.07. The van der Waals surface area contributed by atoms with Gasteiger partial charge in [0, 0.05) is 18.3 Å². The number of hydrogen-bond acceptors (Lipinski definition) is 2.